The molecule has 0 bridgehead atoms. The van der Waals surface area contributed by atoms with Gasteiger partial charge in [-0.1, -0.05) is 0 Å². The van der Waals surface area contributed by atoms with E-state index in [1.165, 1.54) is 19.9 Å². The lowest BCUT2D eigenvalue weighted by Crippen LogP contribution is -2.36. The molecule has 2 N–H and O–H groups in total. The maximum absolute atomic E-state index is 12.6. The molecule has 15 heavy (non-hydrogen) atoms. The average Bonchev–Trinajstić information content (AvgIpc) is 2.17. The number of nitrogens with zero attached hydrogens (tertiary/aromatic N) is 1. The molecule has 0 aliphatic carbocycles. The Morgan fingerprint density at radius 2 is 2.20 bits per heavy atom. The Bertz CT molecular complexity index is 361. The van der Waals surface area contributed by atoms with E-state index in [0.717, 1.165) is 12.3 Å². The molecule has 0 spiro atoms. The molecule has 0 aliphatic heterocycles. The number of halogens is 1. The Labute approximate surface area is 86.4 Å². The number of aromatic nitrogens is 1. The minimum Gasteiger partial charge on any atom is -0.481 e. The van der Waals surface area contributed by atoms with Crippen LogP contribution in [0.15, 0.2) is 18.3 Å². The normalized spacial score (nSPS) is 16.8. The van der Waals surface area contributed by atoms with E-state index >= 15 is 0 Å². The van der Waals surface area contributed by atoms with Crippen LogP contribution in [0.5, 0.6) is 0 Å². The standard InChI is InChI=1S/C10H12FNO3/c1-6(9(13)14)10(2,15)8-4-3-7(11)5-12-8/h3-6,15H,1-2H3,(H,13,14). The molecule has 82 valence electrons. The maximum Gasteiger partial charge on any atom is 0.309 e. The van der Waals surface area contributed by atoms with Gasteiger partial charge in [-0.15, -0.1) is 0 Å². The van der Waals surface area contributed by atoms with Crippen LogP contribution < -0.4 is 0 Å². The lowest BCUT2D eigenvalue weighted by Gasteiger charge is -2.26. The predicted molar refractivity (Wildman–Crippen MR) is 50.6 cm³/mol. The first-order valence-electron chi connectivity index (χ1n) is 4.43. The summed E-state index contributed by atoms with van der Waals surface area (Å²) in [6.07, 6.45) is 0.943. The molecule has 2 unspecified atom stereocenters. The molecule has 0 saturated heterocycles. The molecule has 1 heterocycles. The van der Waals surface area contributed by atoms with Gasteiger partial charge in [0.2, 0.25) is 0 Å². The second-order valence-electron chi connectivity index (χ2n) is 3.57. The van der Waals surface area contributed by atoms with E-state index in [4.69, 9.17) is 5.11 Å². The number of carboxylic acid groups (broad SMARTS) is 1. The summed E-state index contributed by atoms with van der Waals surface area (Å²) < 4.78 is 12.6. The molecule has 0 radical (unpaired) electrons. The van der Waals surface area contributed by atoms with E-state index in [1.807, 2.05) is 0 Å². The molecule has 5 heteroatoms. The Morgan fingerprint density at radius 1 is 1.60 bits per heavy atom. The van der Waals surface area contributed by atoms with Gasteiger partial charge in [0.1, 0.15) is 11.4 Å². The monoisotopic (exact) mass is 213 g/mol. The second kappa shape index (κ2) is 3.94. The average molecular weight is 213 g/mol. The predicted octanol–water partition coefficient (Wildman–Crippen LogP) is 1.15. The fourth-order valence-corrected chi connectivity index (χ4v) is 1.14. The van der Waals surface area contributed by atoms with Crippen LogP contribution in [0.2, 0.25) is 0 Å². The van der Waals surface area contributed by atoms with Crippen LogP contribution in [-0.4, -0.2) is 21.2 Å². The number of hydrogen-bond acceptors (Lipinski definition) is 3. The largest absolute Gasteiger partial charge is 0.481 e. The highest BCUT2D eigenvalue weighted by Gasteiger charge is 2.36. The maximum atomic E-state index is 12.6. The minimum absolute atomic E-state index is 0.138. The number of carboxylic acids is 1. The zero-order valence-electron chi connectivity index (χ0n) is 8.44. The van der Waals surface area contributed by atoms with Gasteiger partial charge in [-0.2, -0.15) is 0 Å². The van der Waals surface area contributed by atoms with Crippen LogP contribution in [0.1, 0.15) is 19.5 Å². The fourth-order valence-electron chi connectivity index (χ4n) is 1.14. The van der Waals surface area contributed by atoms with Gasteiger partial charge in [-0.25, -0.2) is 4.39 Å². The topological polar surface area (TPSA) is 70.4 Å². The van der Waals surface area contributed by atoms with Gasteiger partial charge in [-0.3, -0.25) is 9.78 Å². The van der Waals surface area contributed by atoms with Crippen molar-refractivity contribution in [2.75, 3.05) is 0 Å². The van der Waals surface area contributed by atoms with Crippen LogP contribution >= 0.6 is 0 Å². The molecular formula is C10H12FNO3. The molecule has 0 saturated carbocycles. The highest BCUT2D eigenvalue weighted by Crippen LogP contribution is 2.27. The number of hydrogen-bond donors (Lipinski definition) is 2. The molecular weight excluding hydrogens is 201 g/mol. The van der Waals surface area contributed by atoms with Crippen LogP contribution in [-0.2, 0) is 10.4 Å². The van der Waals surface area contributed by atoms with E-state index < -0.39 is 23.3 Å². The number of carbonyl (C=O) groups is 1. The number of aliphatic carboxylic acids is 1. The van der Waals surface area contributed by atoms with Crippen molar-refractivity contribution in [3.8, 4) is 0 Å². The quantitative estimate of drug-likeness (QED) is 0.790. The van der Waals surface area contributed by atoms with Gasteiger partial charge in [0.15, 0.2) is 0 Å². The zero-order valence-corrected chi connectivity index (χ0v) is 8.44. The van der Waals surface area contributed by atoms with E-state index in [2.05, 4.69) is 4.98 Å². The lowest BCUT2D eigenvalue weighted by atomic mass is 9.87. The number of rotatable bonds is 3. The summed E-state index contributed by atoms with van der Waals surface area (Å²) >= 11 is 0. The molecule has 1 rings (SSSR count). The molecule has 1 aromatic rings. The molecule has 1 aromatic heterocycles. The first kappa shape index (κ1) is 11.6. The SMILES string of the molecule is CC(C(=O)O)C(C)(O)c1ccc(F)cn1. The van der Waals surface area contributed by atoms with Crippen molar-refractivity contribution in [2.45, 2.75) is 19.4 Å². The highest BCUT2D eigenvalue weighted by atomic mass is 19.1. The van der Waals surface area contributed by atoms with Crippen molar-refractivity contribution in [2.24, 2.45) is 5.92 Å². The zero-order chi connectivity index (χ0) is 11.6. The summed E-state index contributed by atoms with van der Waals surface area (Å²) in [5, 5.41) is 18.7. The van der Waals surface area contributed by atoms with Gasteiger partial charge in [0.05, 0.1) is 17.8 Å². The molecule has 0 amide bonds. The molecule has 2 atom stereocenters. The van der Waals surface area contributed by atoms with E-state index in [1.54, 1.807) is 0 Å². The summed E-state index contributed by atoms with van der Waals surface area (Å²) in [4.78, 5) is 14.4. The second-order valence-corrected chi connectivity index (χ2v) is 3.57. The smallest absolute Gasteiger partial charge is 0.309 e. The van der Waals surface area contributed by atoms with Gasteiger partial charge < -0.3 is 10.2 Å². The Morgan fingerprint density at radius 3 is 2.60 bits per heavy atom. The van der Waals surface area contributed by atoms with Crippen molar-refractivity contribution in [1.29, 1.82) is 0 Å². The lowest BCUT2D eigenvalue weighted by molar-refractivity contribution is -0.150. The van der Waals surface area contributed by atoms with Gasteiger partial charge in [0, 0.05) is 0 Å². The third-order valence-electron chi connectivity index (χ3n) is 2.46. The summed E-state index contributed by atoms with van der Waals surface area (Å²) in [6.45, 7) is 2.71. The molecule has 4 nitrogen and oxygen atoms in total. The van der Waals surface area contributed by atoms with Crippen LogP contribution in [0, 0.1) is 11.7 Å². The van der Waals surface area contributed by atoms with E-state index in [0.29, 0.717) is 0 Å². The summed E-state index contributed by atoms with van der Waals surface area (Å²) in [7, 11) is 0. The van der Waals surface area contributed by atoms with Crippen molar-refractivity contribution in [1.82, 2.24) is 4.98 Å². The van der Waals surface area contributed by atoms with E-state index in [9.17, 15) is 14.3 Å². The third-order valence-corrected chi connectivity index (χ3v) is 2.46. The van der Waals surface area contributed by atoms with Crippen molar-refractivity contribution in [3.05, 3.63) is 29.8 Å². The van der Waals surface area contributed by atoms with Crippen molar-refractivity contribution in [3.63, 3.8) is 0 Å². The molecule has 0 aromatic carbocycles. The Balaban J connectivity index is 3.05. The number of aliphatic hydroxyl groups is 1. The summed E-state index contributed by atoms with van der Waals surface area (Å²) in [5.74, 6) is -2.68. The first-order chi connectivity index (χ1) is 6.85. The minimum atomic E-state index is -1.61. The Hall–Kier alpha value is -1.49. The summed E-state index contributed by atoms with van der Waals surface area (Å²) in [5.41, 5.74) is -1.47. The van der Waals surface area contributed by atoms with Gasteiger partial charge >= 0.3 is 5.97 Å². The third kappa shape index (κ3) is 2.30. The summed E-state index contributed by atoms with van der Waals surface area (Å²) in [6, 6.07) is 2.40. The molecule has 0 fully saturated rings. The van der Waals surface area contributed by atoms with Crippen molar-refractivity contribution < 1.29 is 19.4 Å². The number of pyridine rings is 1. The van der Waals surface area contributed by atoms with Crippen molar-refractivity contribution >= 4 is 5.97 Å². The first-order valence-corrected chi connectivity index (χ1v) is 4.43. The van der Waals surface area contributed by atoms with Crippen LogP contribution in [0.25, 0.3) is 0 Å². The van der Waals surface area contributed by atoms with Gasteiger partial charge in [-0.05, 0) is 26.0 Å². The Kier molecular flexibility index (Phi) is 3.04. The van der Waals surface area contributed by atoms with Crippen LogP contribution in [0.4, 0.5) is 4.39 Å². The molecule has 0 aliphatic rings. The van der Waals surface area contributed by atoms with Crippen LogP contribution in [0.3, 0.4) is 0 Å². The fraction of sp³-hybridized carbons (Fsp3) is 0.400. The highest BCUT2D eigenvalue weighted by molar-refractivity contribution is 5.71. The van der Waals surface area contributed by atoms with E-state index in [-0.39, 0.29) is 5.69 Å². The van der Waals surface area contributed by atoms with Gasteiger partial charge in [0.25, 0.3) is 0 Å².